The normalized spacial score (nSPS) is 12.1. The molecular formula is C23H25F2NO8S. The van der Waals surface area contributed by atoms with Crippen molar-refractivity contribution in [1.29, 1.82) is 0 Å². The summed E-state index contributed by atoms with van der Waals surface area (Å²) < 4.78 is 65.4. The van der Waals surface area contributed by atoms with Crippen LogP contribution in [0.4, 0.5) is 14.5 Å². The first kappa shape index (κ1) is 27.6. The van der Waals surface area contributed by atoms with Crippen molar-refractivity contribution in [2.45, 2.75) is 11.7 Å². The zero-order valence-electron chi connectivity index (χ0n) is 19.7. The van der Waals surface area contributed by atoms with Crippen molar-refractivity contribution in [1.82, 2.24) is 0 Å². The number of esters is 1. The Labute approximate surface area is 203 Å². The molecule has 9 nitrogen and oxygen atoms in total. The second kappa shape index (κ2) is 12.2. The van der Waals surface area contributed by atoms with Gasteiger partial charge in [0.15, 0.2) is 0 Å². The molecule has 1 atom stereocenters. The van der Waals surface area contributed by atoms with Gasteiger partial charge in [0.1, 0.15) is 23.0 Å². The molecular weight excluding hydrogens is 488 g/mol. The average molecular weight is 514 g/mol. The molecule has 0 fully saturated rings. The minimum absolute atomic E-state index is 0.0163. The van der Waals surface area contributed by atoms with Crippen LogP contribution in [0.1, 0.15) is 11.1 Å². The third-order valence-electron chi connectivity index (χ3n) is 4.69. The zero-order chi connectivity index (χ0) is 26.2. The summed E-state index contributed by atoms with van der Waals surface area (Å²) in [4.78, 5) is 23.2. The zero-order valence-corrected chi connectivity index (χ0v) is 20.5. The van der Waals surface area contributed by atoms with Gasteiger partial charge in [0, 0.05) is 17.5 Å². The monoisotopic (exact) mass is 513 g/mol. The van der Waals surface area contributed by atoms with Gasteiger partial charge in [-0.1, -0.05) is 6.07 Å². The summed E-state index contributed by atoms with van der Waals surface area (Å²) in [6.07, 6.45) is 1.57. The number of nitrogens with one attached hydrogen (secondary N) is 1. The fourth-order valence-electron chi connectivity index (χ4n) is 2.92. The van der Waals surface area contributed by atoms with E-state index in [9.17, 15) is 22.6 Å². The second-order valence-corrected chi connectivity index (χ2v) is 8.15. The minimum Gasteiger partial charge on any atom is -0.496 e. The van der Waals surface area contributed by atoms with Gasteiger partial charge in [-0.05, 0) is 23.8 Å². The topological polar surface area (TPSA) is 109 Å². The molecule has 1 unspecified atom stereocenters. The maximum Gasteiger partial charge on any atom is 0.419 e. The van der Waals surface area contributed by atoms with Crippen molar-refractivity contribution < 1.29 is 46.3 Å². The lowest BCUT2D eigenvalue weighted by Gasteiger charge is -2.16. The highest BCUT2D eigenvalue weighted by molar-refractivity contribution is 7.87. The van der Waals surface area contributed by atoms with Crippen molar-refractivity contribution >= 4 is 34.4 Å². The lowest BCUT2D eigenvalue weighted by molar-refractivity contribution is -0.173. The summed E-state index contributed by atoms with van der Waals surface area (Å²) in [7, 11) is 4.91. The molecule has 1 amide bonds. The Kier molecular flexibility index (Phi) is 9.58. The average Bonchev–Trinajstić information content (AvgIpc) is 2.86. The molecule has 0 aliphatic heterocycles. The largest absolute Gasteiger partial charge is 0.496 e. The fraction of sp³-hybridized carbons (Fsp3) is 0.304. The van der Waals surface area contributed by atoms with E-state index in [1.165, 1.54) is 46.0 Å². The van der Waals surface area contributed by atoms with Crippen LogP contribution in [-0.4, -0.2) is 57.6 Å². The van der Waals surface area contributed by atoms with E-state index in [-0.39, 0.29) is 17.2 Å². The number of methoxy groups -OCH3 is 5. The molecule has 0 bridgehead atoms. The second-order valence-electron chi connectivity index (χ2n) is 6.83. The Morgan fingerprint density at radius 1 is 0.943 bits per heavy atom. The molecule has 190 valence electrons. The van der Waals surface area contributed by atoms with Crippen molar-refractivity contribution in [2.75, 3.05) is 40.9 Å². The van der Waals surface area contributed by atoms with E-state index in [2.05, 4.69) is 4.74 Å². The molecule has 1 N–H and O–H groups in total. The summed E-state index contributed by atoms with van der Waals surface area (Å²) in [5.74, 6) is -6.85. The molecule has 0 radical (unpaired) electrons. The number of rotatable bonds is 11. The summed E-state index contributed by atoms with van der Waals surface area (Å²) in [5.41, 5.74) is 0.856. The van der Waals surface area contributed by atoms with Crippen LogP contribution in [0.5, 0.6) is 23.0 Å². The SMILES string of the molecule is COC(=O)C(F)(F)C(=O)Nc1cc(CS(=O)C=Cc2c(OC)cc(OC)cc2OC)ccc1OC. The first-order chi connectivity index (χ1) is 16.6. The molecule has 0 saturated heterocycles. The molecule has 0 aromatic heterocycles. The maximum atomic E-state index is 13.9. The smallest absolute Gasteiger partial charge is 0.419 e. The van der Waals surface area contributed by atoms with Crippen LogP contribution in [0.2, 0.25) is 0 Å². The van der Waals surface area contributed by atoms with Crippen molar-refractivity contribution in [2.24, 2.45) is 0 Å². The summed E-state index contributed by atoms with van der Waals surface area (Å²) in [6.45, 7) is 0. The van der Waals surface area contributed by atoms with E-state index in [0.717, 1.165) is 7.11 Å². The quantitative estimate of drug-likeness (QED) is 0.360. The van der Waals surface area contributed by atoms with E-state index in [1.54, 1.807) is 24.3 Å². The number of hydrogen-bond acceptors (Lipinski definition) is 8. The number of halogens is 2. The van der Waals surface area contributed by atoms with E-state index in [1.807, 2.05) is 5.32 Å². The van der Waals surface area contributed by atoms with Gasteiger partial charge in [0.05, 0.1) is 63.4 Å². The predicted molar refractivity (Wildman–Crippen MR) is 126 cm³/mol. The number of carbonyl (C=O) groups excluding carboxylic acids is 2. The number of benzene rings is 2. The number of anilines is 1. The van der Waals surface area contributed by atoms with Crippen molar-refractivity contribution in [3.63, 3.8) is 0 Å². The van der Waals surface area contributed by atoms with E-state index in [0.29, 0.717) is 28.4 Å². The molecule has 2 rings (SSSR count). The van der Waals surface area contributed by atoms with Crippen LogP contribution < -0.4 is 24.3 Å². The molecule has 0 aliphatic rings. The highest BCUT2D eigenvalue weighted by Crippen LogP contribution is 2.35. The van der Waals surface area contributed by atoms with E-state index in [4.69, 9.17) is 18.9 Å². The number of carbonyl (C=O) groups is 2. The molecule has 0 spiro atoms. The van der Waals surface area contributed by atoms with Gasteiger partial charge < -0.3 is 29.0 Å². The van der Waals surface area contributed by atoms with Gasteiger partial charge in [0.25, 0.3) is 0 Å². The van der Waals surface area contributed by atoms with Gasteiger partial charge in [-0.25, -0.2) is 4.79 Å². The Morgan fingerprint density at radius 3 is 2.06 bits per heavy atom. The summed E-state index contributed by atoms with van der Waals surface area (Å²) in [5, 5.41) is 3.37. The molecule has 2 aromatic carbocycles. The Balaban J connectivity index is 2.25. The van der Waals surface area contributed by atoms with Crippen molar-refractivity contribution in [3.05, 3.63) is 46.9 Å². The number of ether oxygens (including phenoxy) is 5. The van der Waals surface area contributed by atoms with Crippen molar-refractivity contribution in [3.8, 4) is 23.0 Å². The maximum absolute atomic E-state index is 13.9. The predicted octanol–water partition coefficient (Wildman–Crippen LogP) is 3.39. The Hall–Kier alpha value is -3.67. The van der Waals surface area contributed by atoms with Gasteiger partial charge in [-0.2, -0.15) is 8.78 Å². The molecule has 12 heteroatoms. The highest BCUT2D eigenvalue weighted by atomic mass is 32.2. The highest BCUT2D eigenvalue weighted by Gasteiger charge is 2.49. The molecule has 0 heterocycles. The molecule has 0 aliphatic carbocycles. The summed E-state index contributed by atoms with van der Waals surface area (Å²) in [6, 6.07) is 7.59. The first-order valence-corrected chi connectivity index (χ1v) is 11.3. The van der Waals surface area contributed by atoms with Gasteiger partial charge in [-0.15, -0.1) is 0 Å². The van der Waals surface area contributed by atoms with Crippen LogP contribution in [-0.2, 0) is 30.9 Å². The third-order valence-corrected chi connectivity index (χ3v) is 5.75. The fourth-order valence-corrected chi connectivity index (χ4v) is 3.81. The van der Waals surface area contributed by atoms with Crippen LogP contribution in [0.25, 0.3) is 6.08 Å². The number of amides is 1. The van der Waals surface area contributed by atoms with Crippen LogP contribution >= 0.6 is 0 Å². The first-order valence-electron chi connectivity index (χ1n) is 9.91. The summed E-state index contributed by atoms with van der Waals surface area (Å²) >= 11 is 0. The Morgan fingerprint density at radius 2 is 1.54 bits per heavy atom. The van der Waals surface area contributed by atoms with E-state index < -0.39 is 28.6 Å². The van der Waals surface area contributed by atoms with E-state index >= 15 is 0 Å². The number of hydrogen-bond donors (Lipinski definition) is 1. The lowest BCUT2D eigenvalue weighted by Crippen LogP contribution is -2.42. The van der Waals surface area contributed by atoms with Crippen LogP contribution in [0.15, 0.2) is 35.7 Å². The van der Waals surface area contributed by atoms with Gasteiger partial charge >= 0.3 is 17.8 Å². The number of alkyl halides is 2. The lowest BCUT2D eigenvalue weighted by atomic mass is 10.1. The Bertz CT molecular complexity index is 1110. The molecule has 35 heavy (non-hydrogen) atoms. The van der Waals surface area contributed by atoms with Gasteiger partial charge in [0.2, 0.25) is 0 Å². The van der Waals surface area contributed by atoms with Crippen LogP contribution in [0, 0.1) is 0 Å². The third kappa shape index (κ3) is 6.69. The molecule has 2 aromatic rings. The standard InChI is InChI=1S/C23H25F2NO8S/c1-30-15-11-19(32-3)16(20(12-15)33-4)8-9-35(29)13-14-6-7-18(31-2)17(10-14)26-21(27)23(24,25)22(28)34-5/h6-12H,13H2,1-5H3,(H,26,27). The van der Waals surface area contributed by atoms with Crippen LogP contribution in [0.3, 0.4) is 0 Å². The van der Waals surface area contributed by atoms with Gasteiger partial charge in [-0.3, -0.25) is 9.00 Å². The molecule has 0 saturated carbocycles. The minimum atomic E-state index is -4.40.